The highest BCUT2D eigenvalue weighted by atomic mass is 16.5. The number of anilines is 2. The molecule has 0 bridgehead atoms. The number of amides is 1. The molecule has 0 radical (unpaired) electrons. The van der Waals surface area contributed by atoms with Crippen molar-refractivity contribution in [2.45, 2.75) is 12.3 Å². The van der Waals surface area contributed by atoms with Crippen LogP contribution >= 0.6 is 0 Å². The van der Waals surface area contributed by atoms with E-state index in [-0.39, 0.29) is 11.8 Å². The van der Waals surface area contributed by atoms with Gasteiger partial charge in [-0.15, -0.1) is 0 Å². The third-order valence-corrected chi connectivity index (χ3v) is 5.46. The van der Waals surface area contributed by atoms with E-state index in [2.05, 4.69) is 15.3 Å². The first-order chi connectivity index (χ1) is 15.6. The van der Waals surface area contributed by atoms with Crippen molar-refractivity contribution in [2.24, 2.45) is 0 Å². The summed E-state index contributed by atoms with van der Waals surface area (Å²) >= 11 is 0. The largest absolute Gasteiger partial charge is 0.382 e. The topological polar surface area (TPSA) is 131 Å². The number of carbonyl (C=O) groups excluding carboxylic acids is 1. The zero-order valence-electron chi connectivity index (χ0n) is 17.0. The molecule has 1 atom stereocenters. The van der Waals surface area contributed by atoms with Crippen LogP contribution in [0.3, 0.4) is 0 Å². The first kappa shape index (κ1) is 19.7. The summed E-state index contributed by atoms with van der Waals surface area (Å²) in [4.78, 5) is 25.8. The Morgan fingerprint density at radius 3 is 2.81 bits per heavy atom. The maximum Gasteiger partial charge on any atom is 0.256 e. The predicted octanol–water partition coefficient (Wildman–Crippen LogP) is 3.00. The summed E-state index contributed by atoms with van der Waals surface area (Å²) in [5.74, 6) is 1.48. The third kappa shape index (κ3) is 3.53. The molecule has 3 aromatic heterocycles. The van der Waals surface area contributed by atoms with E-state index in [4.69, 9.17) is 20.7 Å². The molecule has 1 aliphatic heterocycles. The predicted molar refractivity (Wildman–Crippen MR) is 118 cm³/mol. The second kappa shape index (κ2) is 8.09. The number of fused-ring (bicyclic) bond motifs is 1. The Bertz CT molecular complexity index is 1350. The van der Waals surface area contributed by atoms with Crippen LogP contribution in [0.4, 0.5) is 11.6 Å². The number of ether oxygens (including phenoxy) is 1. The minimum atomic E-state index is -0.321. The summed E-state index contributed by atoms with van der Waals surface area (Å²) in [7, 11) is 0. The average Bonchev–Trinajstić information content (AvgIpc) is 3.48. The summed E-state index contributed by atoms with van der Waals surface area (Å²) in [6.07, 6.45) is 5.91. The SMILES string of the molecule is N#Cc1ccnc(NC(=O)c2ccc(-c3nc(C4CCOC4)n4ccnc(N)c34)cc2)c1. The second-order valence-electron chi connectivity index (χ2n) is 7.48. The number of nitrogens with two attached hydrogens (primary N) is 1. The smallest absolute Gasteiger partial charge is 0.256 e. The van der Waals surface area contributed by atoms with Gasteiger partial charge in [-0.25, -0.2) is 15.0 Å². The number of nitriles is 1. The van der Waals surface area contributed by atoms with Crippen molar-refractivity contribution in [2.75, 3.05) is 24.3 Å². The third-order valence-electron chi connectivity index (χ3n) is 5.46. The Morgan fingerprint density at radius 2 is 2.06 bits per heavy atom. The highest BCUT2D eigenvalue weighted by Crippen LogP contribution is 2.33. The van der Waals surface area contributed by atoms with Gasteiger partial charge in [0.25, 0.3) is 5.91 Å². The number of hydrogen-bond acceptors (Lipinski definition) is 7. The Morgan fingerprint density at radius 1 is 1.22 bits per heavy atom. The van der Waals surface area contributed by atoms with E-state index in [0.717, 1.165) is 23.3 Å². The Hall–Kier alpha value is -4.29. The Kier molecular flexibility index (Phi) is 4.97. The zero-order valence-corrected chi connectivity index (χ0v) is 17.0. The minimum Gasteiger partial charge on any atom is -0.382 e. The molecule has 9 heteroatoms. The summed E-state index contributed by atoms with van der Waals surface area (Å²) in [6.45, 7) is 1.34. The van der Waals surface area contributed by atoms with Crippen molar-refractivity contribution in [1.29, 1.82) is 5.26 Å². The lowest BCUT2D eigenvalue weighted by Gasteiger charge is -2.06. The van der Waals surface area contributed by atoms with Crippen LogP contribution in [0.2, 0.25) is 0 Å². The molecule has 9 nitrogen and oxygen atoms in total. The number of nitrogens with zero attached hydrogens (tertiary/aromatic N) is 5. The molecule has 1 amide bonds. The molecule has 4 aromatic rings. The first-order valence-corrected chi connectivity index (χ1v) is 10.1. The van der Waals surface area contributed by atoms with Gasteiger partial charge in [-0.05, 0) is 30.7 Å². The van der Waals surface area contributed by atoms with Gasteiger partial charge in [-0.3, -0.25) is 9.20 Å². The Labute approximate surface area is 183 Å². The van der Waals surface area contributed by atoms with Crippen LogP contribution in [-0.2, 0) is 4.74 Å². The number of hydrogen-bond donors (Lipinski definition) is 2. The standard InChI is InChI=1S/C23H19N7O2/c24-12-14-5-7-26-18(11-14)28-23(31)16-3-1-15(2-4-16)19-20-21(25)27-8-9-30(20)22(29-19)17-6-10-32-13-17/h1-5,7-9,11,17H,6,10,13H2,(H2,25,27)(H,26,28,31). The average molecular weight is 425 g/mol. The molecule has 5 rings (SSSR count). The fourth-order valence-electron chi connectivity index (χ4n) is 3.85. The van der Waals surface area contributed by atoms with Gasteiger partial charge in [-0.1, -0.05) is 12.1 Å². The normalized spacial score (nSPS) is 15.5. The number of nitrogen functional groups attached to an aromatic ring is 1. The highest BCUT2D eigenvalue weighted by Gasteiger charge is 2.25. The molecular weight excluding hydrogens is 406 g/mol. The summed E-state index contributed by atoms with van der Waals surface area (Å²) < 4.78 is 7.52. The van der Waals surface area contributed by atoms with E-state index < -0.39 is 0 Å². The maximum atomic E-state index is 12.6. The van der Waals surface area contributed by atoms with Gasteiger partial charge in [0.15, 0.2) is 0 Å². The highest BCUT2D eigenvalue weighted by molar-refractivity contribution is 6.04. The molecule has 0 spiro atoms. The zero-order chi connectivity index (χ0) is 22.1. The van der Waals surface area contributed by atoms with Gasteiger partial charge in [-0.2, -0.15) is 5.26 Å². The molecule has 32 heavy (non-hydrogen) atoms. The van der Waals surface area contributed by atoms with Gasteiger partial charge in [0, 0.05) is 42.2 Å². The van der Waals surface area contributed by atoms with Crippen molar-refractivity contribution < 1.29 is 9.53 Å². The van der Waals surface area contributed by atoms with E-state index in [1.807, 2.05) is 28.8 Å². The van der Waals surface area contributed by atoms with Gasteiger partial charge in [0.05, 0.1) is 18.2 Å². The number of pyridine rings is 1. The number of nitrogens with one attached hydrogen (secondary N) is 1. The molecule has 3 N–H and O–H groups in total. The fourth-order valence-corrected chi connectivity index (χ4v) is 3.85. The van der Waals surface area contributed by atoms with Crippen LogP contribution in [0.1, 0.15) is 34.1 Å². The number of carbonyl (C=O) groups is 1. The van der Waals surface area contributed by atoms with Gasteiger partial charge >= 0.3 is 0 Å². The maximum absolute atomic E-state index is 12.6. The van der Waals surface area contributed by atoms with Gasteiger partial charge < -0.3 is 15.8 Å². The van der Waals surface area contributed by atoms with Crippen molar-refractivity contribution >= 4 is 23.1 Å². The van der Waals surface area contributed by atoms with Crippen LogP contribution in [0.5, 0.6) is 0 Å². The summed E-state index contributed by atoms with van der Waals surface area (Å²) in [6, 6.07) is 12.2. The molecular formula is C23H19N7O2. The number of imidazole rings is 1. The minimum absolute atomic E-state index is 0.194. The first-order valence-electron chi connectivity index (χ1n) is 10.1. The van der Waals surface area contributed by atoms with E-state index in [1.54, 1.807) is 24.4 Å². The van der Waals surface area contributed by atoms with Crippen molar-refractivity contribution in [3.05, 3.63) is 71.9 Å². The molecule has 1 aromatic carbocycles. The quantitative estimate of drug-likeness (QED) is 0.514. The van der Waals surface area contributed by atoms with Crippen molar-refractivity contribution in [1.82, 2.24) is 19.4 Å². The van der Waals surface area contributed by atoms with E-state index in [9.17, 15) is 4.79 Å². The molecule has 1 saturated heterocycles. The van der Waals surface area contributed by atoms with Crippen LogP contribution in [0.15, 0.2) is 55.0 Å². The van der Waals surface area contributed by atoms with Crippen LogP contribution in [-0.4, -0.2) is 38.5 Å². The molecule has 4 heterocycles. The fraction of sp³-hybridized carbons (Fsp3) is 0.174. The van der Waals surface area contributed by atoms with E-state index in [0.29, 0.717) is 41.7 Å². The summed E-state index contributed by atoms with van der Waals surface area (Å²) in [5, 5.41) is 11.7. The van der Waals surface area contributed by atoms with Gasteiger partial charge in [0.1, 0.15) is 28.7 Å². The van der Waals surface area contributed by atoms with Crippen molar-refractivity contribution in [3.8, 4) is 17.3 Å². The molecule has 158 valence electrons. The monoisotopic (exact) mass is 425 g/mol. The molecule has 1 aliphatic rings. The van der Waals surface area contributed by atoms with Gasteiger partial charge in [0.2, 0.25) is 0 Å². The lowest BCUT2D eigenvalue weighted by atomic mass is 10.1. The van der Waals surface area contributed by atoms with E-state index in [1.165, 1.54) is 12.3 Å². The van der Waals surface area contributed by atoms with Crippen LogP contribution in [0, 0.1) is 11.3 Å². The lowest BCUT2D eigenvalue weighted by molar-refractivity contribution is 0.102. The van der Waals surface area contributed by atoms with Crippen molar-refractivity contribution in [3.63, 3.8) is 0 Å². The Balaban J connectivity index is 1.46. The van der Waals surface area contributed by atoms with Crippen LogP contribution in [0.25, 0.3) is 16.8 Å². The van der Waals surface area contributed by atoms with Crippen LogP contribution < -0.4 is 11.1 Å². The number of rotatable bonds is 4. The summed E-state index contributed by atoms with van der Waals surface area (Å²) in [5.41, 5.74) is 9.36. The molecule has 1 unspecified atom stereocenters. The molecule has 0 aliphatic carbocycles. The van der Waals surface area contributed by atoms with E-state index >= 15 is 0 Å². The molecule has 1 fully saturated rings. The number of aromatic nitrogens is 4. The molecule has 0 saturated carbocycles. The number of benzene rings is 1. The lowest BCUT2D eigenvalue weighted by Crippen LogP contribution is -2.12. The second-order valence-corrected chi connectivity index (χ2v) is 7.48.